The van der Waals surface area contributed by atoms with Crippen LogP contribution >= 0.6 is 0 Å². The topological polar surface area (TPSA) is 57.5 Å². The van der Waals surface area contributed by atoms with Crippen LogP contribution in [0.4, 0.5) is 0 Å². The van der Waals surface area contributed by atoms with Gasteiger partial charge >= 0.3 is 0 Å². The number of hydrogen-bond donors (Lipinski definition) is 2. The first kappa shape index (κ1) is 18.4. The molecule has 0 saturated heterocycles. The number of aliphatic hydroxyl groups excluding tert-OH is 2. The molecular formula is C20H32O3. The average Bonchev–Trinajstić information content (AvgIpc) is 2.51. The molecule has 1 saturated carbocycles. The summed E-state index contributed by atoms with van der Waals surface area (Å²) in [5.41, 5.74) is -0.526. The van der Waals surface area contributed by atoms with Gasteiger partial charge in [-0.15, -0.1) is 0 Å². The Balaban J connectivity index is 2.55. The third kappa shape index (κ3) is 2.94. The Bertz CT molecular complexity index is 495. The number of hydrogen-bond acceptors (Lipinski definition) is 3. The maximum Gasteiger partial charge on any atom is 0.162 e. The van der Waals surface area contributed by atoms with Crippen molar-refractivity contribution in [2.45, 2.75) is 59.7 Å². The van der Waals surface area contributed by atoms with Crippen molar-refractivity contribution in [1.82, 2.24) is 0 Å². The second-order valence-electron chi connectivity index (χ2n) is 7.82. The van der Waals surface area contributed by atoms with Gasteiger partial charge in [0, 0.05) is 11.3 Å². The van der Waals surface area contributed by atoms with E-state index >= 15 is 0 Å². The van der Waals surface area contributed by atoms with Gasteiger partial charge in [0.2, 0.25) is 0 Å². The molecule has 3 nitrogen and oxygen atoms in total. The zero-order valence-electron chi connectivity index (χ0n) is 15.1. The summed E-state index contributed by atoms with van der Waals surface area (Å²) in [6.45, 7) is 10.4. The molecule has 3 heteroatoms. The number of carbonyl (C=O) groups is 1. The molecule has 0 amide bonds. The molecular weight excluding hydrogens is 288 g/mol. The van der Waals surface area contributed by atoms with E-state index in [1.165, 1.54) is 0 Å². The molecule has 0 spiro atoms. The molecule has 130 valence electrons. The lowest BCUT2D eigenvalue weighted by molar-refractivity contribution is -0.149. The van der Waals surface area contributed by atoms with Gasteiger partial charge < -0.3 is 10.2 Å². The summed E-state index contributed by atoms with van der Waals surface area (Å²) < 4.78 is 0. The zero-order valence-corrected chi connectivity index (χ0v) is 15.1. The Morgan fingerprint density at radius 3 is 2.61 bits per heavy atom. The van der Waals surface area contributed by atoms with Gasteiger partial charge in [-0.2, -0.15) is 0 Å². The van der Waals surface area contributed by atoms with Gasteiger partial charge in [0.25, 0.3) is 0 Å². The molecule has 0 heterocycles. The van der Waals surface area contributed by atoms with Gasteiger partial charge in [-0.3, -0.25) is 4.79 Å². The van der Waals surface area contributed by atoms with Crippen LogP contribution in [-0.2, 0) is 4.79 Å². The summed E-state index contributed by atoms with van der Waals surface area (Å²) in [5, 5.41) is 20.6. The summed E-state index contributed by atoms with van der Waals surface area (Å²) in [7, 11) is 0. The molecule has 0 aliphatic heterocycles. The molecule has 0 radical (unpaired) electrons. The molecule has 1 fully saturated rings. The van der Waals surface area contributed by atoms with Gasteiger partial charge in [0.05, 0.1) is 12.2 Å². The third-order valence-electron chi connectivity index (χ3n) is 6.46. The fraction of sp³-hybridized carbons (Fsp3) is 0.750. The molecule has 2 aliphatic carbocycles. The smallest absolute Gasteiger partial charge is 0.162 e. The van der Waals surface area contributed by atoms with Gasteiger partial charge in [0.1, 0.15) is 0 Å². The van der Waals surface area contributed by atoms with E-state index in [2.05, 4.69) is 39.8 Å². The van der Waals surface area contributed by atoms with E-state index in [1.54, 1.807) is 6.08 Å². The van der Waals surface area contributed by atoms with Crippen molar-refractivity contribution in [2.75, 3.05) is 0 Å². The van der Waals surface area contributed by atoms with E-state index in [9.17, 15) is 15.0 Å². The van der Waals surface area contributed by atoms with Crippen LogP contribution in [0.15, 0.2) is 24.3 Å². The molecule has 23 heavy (non-hydrogen) atoms. The Labute approximate surface area is 140 Å². The highest BCUT2D eigenvalue weighted by Gasteiger charge is 2.56. The van der Waals surface area contributed by atoms with Crippen molar-refractivity contribution < 1.29 is 15.0 Å². The third-order valence-corrected chi connectivity index (χ3v) is 6.46. The quantitative estimate of drug-likeness (QED) is 0.617. The van der Waals surface area contributed by atoms with Crippen molar-refractivity contribution in [2.24, 2.45) is 35.0 Å². The lowest BCUT2D eigenvalue weighted by Crippen LogP contribution is -2.57. The van der Waals surface area contributed by atoms with E-state index < -0.39 is 17.6 Å². The van der Waals surface area contributed by atoms with Crippen molar-refractivity contribution in [3.63, 3.8) is 0 Å². The predicted octanol–water partition coefficient (Wildman–Crippen LogP) is 3.36. The molecule has 0 aromatic carbocycles. The largest absolute Gasteiger partial charge is 0.390 e. The Morgan fingerprint density at radius 1 is 1.39 bits per heavy atom. The maximum absolute atomic E-state index is 13.1. The van der Waals surface area contributed by atoms with Crippen LogP contribution < -0.4 is 0 Å². The van der Waals surface area contributed by atoms with Crippen molar-refractivity contribution in [1.29, 1.82) is 0 Å². The van der Waals surface area contributed by atoms with Gasteiger partial charge in [0.15, 0.2) is 5.78 Å². The number of carbonyl (C=O) groups excluding carboxylic acids is 1. The summed E-state index contributed by atoms with van der Waals surface area (Å²) >= 11 is 0. The van der Waals surface area contributed by atoms with Crippen LogP contribution in [0.25, 0.3) is 0 Å². The number of ketones is 1. The van der Waals surface area contributed by atoms with Crippen molar-refractivity contribution in [3.05, 3.63) is 24.3 Å². The second kappa shape index (κ2) is 6.90. The lowest BCUT2D eigenvalue weighted by atomic mass is 9.49. The molecule has 2 aliphatic rings. The van der Waals surface area contributed by atoms with E-state index in [0.717, 1.165) is 6.42 Å². The van der Waals surface area contributed by atoms with Crippen LogP contribution in [0.5, 0.6) is 0 Å². The number of rotatable bonds is 4. The highest BCUT2D eigenvalue weighted by molar-refractivity contribution is 5.95. The lowest BCUT2D eigenvalue weighted by Gasteiger charge is -2.55. The standard InChI is InChI=1S/C20H32O3/c1-6-8-17(22)20(5)15(12(3)7-2)10-9-14-18(20)13(4)11-16(21)19(14)23/h6,8-10,12-16,18-19,21,23H,7,11H2,1-5H3. The first-order chi connectivity index (χ1) is 10.8. The normalized spacial score (nSPS) is 45.0. The van der Waals surface area contributed by atoms with Crippen LogP contribution in [0, 0.1) is 35.0 Å². The van der Waals surface area contributed by atoms with Gasteiger partial charge in [-0.1, -0.05) is 52.3 Å². The summed E-state index contributed by atoms with van der Waals surface area (Å²) in [6.07, 6.45) is 7.80. The number of aliphatic hydroxyl groups is 2. The van der Waals surface area contributed by atoms with E-state index in [-0.39, 0.29) is 29.5 Å². The molecule has 2 rings (SSSR count). The highest BCUT2D eigenvalue weighted by Crippen LogP contribution is 2.55. The van der Waals surface area contributed by atoms with Gasteiger partial charge in [-0.25, -0.2) is 0 Å². The Hall–Kier alpha value is -0.930. The summed E-state index contributed by atoms with van der Waals surface area (Å²) in [5.74, 6) is 0.848. The van der Waals surface area contributed by atoms with Crippen LogP contribution in [-0.4, -0.2) is 28.2 Å². The second-order valence-corrected chi connectivity index (χ2v) is 7.82. The highest BCUT2D eigenvalue weighted by atomic mass is 16.3. The minimum absolute atomic E-state index is 0.0635. The molecule has 8 atom stereocenters. The van der Waals surface area contributed by atoms with Crippen molar-refractivity contribution in [3.8, 4) is 0 Å². The van der Waals surface area contributed by atoms with Gasteiger partial charge in [-0.05, 0) is 43.1 Å². The molecule has 2 N–H and O–H groups in total. The molecule has 8 unspecified atom stereocenters. The summed E-state index contributed by atoms with van der Waals surface area (Å²) in [6, 6.07) is 0. The first-order valence-corrected chi connectivity index (χ1v) is 9.00. The predicted molar refractivity (Wildman–Crippen MR) is 92.8 cm³/mol. The molecule has 0 bridgehead atoms. The van der Waals surface area contributed by atoms with Crippen molar-refractivity contribution >= 4 is 5.78 Å². The molecule has 0 aromatic heterocycles. The fourth-order valence-corrected chi connectivity index (χ4v) is 5.10. The van der Waals surface area contributed by atoms with E-state index in [0.29, 0.717) is 12.3 Å². The Kier molecular flexibility index (Phi) is 5.52. The minimum atomic E-state index is -0.775. The average molecular weight is 320 g/mol. The maximum atomic E-state index is 13.1. The molecule has 0 aromatic rings. The SMILES string of the molecule is CC=CC(=O)C1(C)C(C(C)CC)C=CC2C(O)C(O)CC(C)C21. The summed E-state index contributed by atoms with van der Waals surface area (Å²) in [4.78, 5) is 13.1. The minimum Gasteiger partial charge on any atom is -0.390 e. The van der Waals surface area contributed by atoms with E-state index in [4.69, 9.17) is 0 Å². The first-order valence-electron chi connectivity index (χ1n) is 9.00. The van der Waals surface area contributed by atoms with Crippen LogP contribution in [0.3, 0.4) is 0 Å². The zero-order chi connectivity index (χ0) is 17.4. The van der Waals surface area contributed by atoms with Crippen LogP contribution in [0.1, 0.15) is 47.5 Å². The number of fused-ring (bicyclic) bond motifs is 1. The Morgan fingerprint density at radius 2 is 2.04 bits per heavy atom. The number of allylic oxidation sites excluding steroid dienone is 3. The fourth-order valence-electron chi connectivity index (χ4n) is 5.10. The van der Waals surface area contributed by atoms with E-state index in [1.807, 2.05) is 13.0 Å². The monoisotopic (exact) mass is 320 g/mol. The van der Waals surface area contributed by atoms with Crippen LogP contribution in [0.2, 0.25) is 0 Å².